The zero-order chi connectivity index (χ0) is 13.3. The molecule has 3 rings (SSSR count). The van der Waals surface area contributed by atoms with Crippen molar-refractivity contribution in [2.45, 2.75) is 37.5 Å². The van der Waals surface area contributed by atoms with Crippen LogP contribution in [0.2, 0.25) is 0 Å². The predicted molar refractivity (Wildman–Crippen MR) is 70.6 cm³/mol. The van der Waals surface area contributed by atoms with Gasteiger partial charge in [0.2, 0.25) is 0 Å². The number of nitrogens with zero attached hydrogens (tertiary/aromatic N) is 1. The van der Waals surface area contributed by atoms with Crippen LogP contribution in [0.25, 0.3) is 0 Å². The molecule has 1 unspecified atom stereocenters. The molecule has 19 heavy (non-hydrogen) atoms. The van der Waals surface area contributed by atoms with E-state index in [1.807, 2.05) is 0 Å². The fourth-order valence-electron chi connectivity index (χ4n) is 2.77. The summed E-state index contributed by atoms with van der Waals surface area (Å²) < 4.78 is 12.2. The van der Waals surface area contributed by atoms with E-state index in [-0.39, 0.29) is 11.9 Å². The number of hydrogen-bond acceptors (Lipinski definition) is 4. The number of ether oxygens (including phenoxy) is 2. The van der Waals surface area contributed by atoms with E-state index in [1.54, 1.807) is 6.20 Å². The van der Waals surface area contributed by atoms with Gasteiger partial charge < -0.3 is 14.8 Å². The first kappa shape index (κ1) is 13.1. The molecule has 2 N–H and O–H groups in total. The maximum Gasteiger partial charge on any atom is 0.270 e. The minimum absolute atomic E-state index is 0.105. The molecule has 2 heterocycles. The lowest BCUT2D eigenvalue weighted by atomic mass is 9.89. The third-order valence-corrected chi connectivity index (χ3v) is 4.30. The molecule has 1 atom stereocenters. The van der Waals surface area contributed by atoms with Gasteiger partial charge in [0, 0.05) is 6.42 Å². The first-order valence-corrected chi connectivity index (χ1v) is 7.28. The van der Waals surface area contributed by atoms with Gasteiger partial charge in [0.15, 0.2) is 5.79 Å². The summed E-state index contributed by atoms with van der Waals surface area (Å²) in [5.41, 5.74) is 0.429. The van der Waals surface area contributed by atoms with Crippen LogP contribution in [-0.2, 0) is 9.47 Å². The van der Waals surface area contributed by atoms with Gasteiger partial charge >= 0.3 is 0 Å². The monoisotopic (exact) mass is 329 g/mol. The van der Waals surface area contributed by atoms with E-state index in [0.29, 0.717) is 23.4 Å². The summed E-state index contributed by atoms with van der Waals surface area (Å²) in [5.74, 6) is -0.810. The molecule has 1 aliphatic heterocycles. The summed E-state index contributed by atoms with van der Waals surface area (Å²) in [5, 5.41) is 9.52. The normalized spacial score (nSPS) is 25.6. The number of hydrogen-bond donors (Lipinski definition) is 2. The number of rotatable bonds is 2. The molecule has 7 heteroatoms. The Bertz CT molecular complexity index is 471. The highest BCUT2D eigenvalue weighted by Crippen LogP contribution is 2.36. The Morgan fingerprint density at radius 3 is 2.95 bits per heavy atom. The molecule has 1 amide bonds. The number of carbonyl (C=O) groups excluding carboxylic acids is 1. The summed E-state index contributed by atoms with van der Waals surface area (Å²) in [7, 11) is 0. The molecule has 1 aliphatic carbocycles. The van der Waals surface area contributed by atoms with E-state index in [2.05, 4.69) is 31.4 Å². The van der Waals surface area contributed by atoms with Crippen molar-refractivity contribution in [3.05, 3.63) is 16.4 Å². The van der Waals surface area contributed by atoms with Crippen molar-refractivity contribution < 1.29 is 14.3 Å². The number of halogens is 1. The Morgan fingerprint density at radius 1 is 1.47 bits per heavy atom. The van der Waals surface area contributed by atoms with E-state index in [4.69, 9.17) is 9.47 Å². The van der Waals surface area contributed by atoms with E-state index >= 15 is 0 Å². The van der Waals surface area contributed by atoms with Crippen LogP contribution in [0.4, 0.5) is 0 Å². The minimum atomic E-state index is -0.625. The predicted octanol–water partition coefficient (Wildman–Crippen LogP) is 1.59. The summed E-state index contributed by atoms with van der Waals surface area (Å²) in [4.78, 5) is 12.2. The van der Waals surface area contributed by atoms with Crippen LogP contribution in [0.5, 0.6) is 0 Å². The van der Waals surface area contributed by atoms with E-state index < -0.39 is 5.79 Å². The maximum atomic E-state index is 12.2. The van der Waals surface area contributed by atoms with Crippen LogP contribution in [-0.4, -0.2) is 41.1 Å². The number of H-pyrrole nitrogens is 1. The first-order chi connectivity index (χ1) is 9.21. The molecule has 0 aromatic carbocycles. The molecule has 104 valence electrons. The number of aromatic nitrogens is 2. The standard InChI is InChI=1S/C12H16BrN3O3/c13-8-7-14-16-10(8)11(17)15-9-3-1-2-4-12(9)18-5-6-19-12/h7,9H,1-6H2,(H,14,16)(H,15,17). The van der Waals surface area contributed by atoms with E-state index in [0.717, 1.165) is 25.7 Å². The molecule has 0 bridgehead atoms. The van der Waals surface area contributed by atoms with Gasteiger partial charge in [-0.25, -0.2) is 0 Å². The smallest absolute Gasteiger partial charge is 0.270 e. The Balaban J connectivity index is 1.74. The number of aromatic amines is 1. The summed E-state index contributed by atoms with van der Waals surface area (Å²) in [6, 6.07) is -0.105. The average Bonchev–Trinajstić information content (AvgIpc) is 3.02. The highest BCUT2D eigenvalue weighted by atomic mass is 79.9. The lowest BCUT2D eigenvalue weighted by Crippen LogP contribution is -2.55. The Kier molecular flexibility index (Phi) is 3.60. The number of nitrogens with one attached hydrogen (secondary N) is 2. The molecule has 1 aromatic heterocycles. The van der Waals surface area contributed by atoms with Gasteiger partial charge in [-0.2, -0.15) is 5.10 Å². The van der Waals surface area contributed by atoms with Crippen molar-refractivity contribution in [2.24, 2.45) is 0 Å². The van der Waals surface area contributed by atoms with Crippen LogP contribution in [0.1, 0.15) is 36.2 Å². The van der Waals surface area contributed by atoms with Gasteiger partial charge in [-0.1, -0.05) is 6.42 Å². The highest BCUT2D eigenvalue weighted by Gasteiger charge is 2.46. The molecular weight excluding hydrogens is 314 g/mol. The van der Waals surface area contributed by atoms with Gasteiger partial charge in [-0.15, -0.1) is 0 Å². The Morgan fingerprint density at radius 2 is 2.26 bits per heavy atom. The van der Waals surface area contributed by atoms with Gasteiger partial charge in [-0.3, -0.25) is 9.89 Å². The average molecular weight is 330 g/mol. The highest BCUT2D eigenvalue weighted by molar-refractivity contribution is 9.10. The van der Waals surface area contributed by atoms with Crippen LogP contribution < -0.4 is 5.32 Å². The lowest BCUT2D eigenvalue weighted by molar-refractivity contribution is -0.192. The molecule has 1 aromatic rings. The second-order valence-corrected chi connectivity index (χ2v) is 5.73. The third kappa shape index (κ3) is 2.42. The molecule has 6 nitrogen and oxygen atoms in total. The minimum Gasteiger partial charge on any atom is -0.346 e. The number of amides is 1. The van der Waals surface area contributed by atoms with Crippen molar-refractivity contribution in [3.63, 3.8) is 0 Å². The first-order valence-electron chi connectivity index (χ1n) is 6.49. The molecule has 1 saturated carbocycles. The van der Waals surface area contributed by atoms with Gasteiger partial charge in [0.25, 0.3) is 5.91 Å². The topological polar surface area (TPSA) is 76.2 Å². The fraction of sp³-hybridized carbons (Fsp3) is 0.667. The lowest BCUT2D eigenvalue weighted by Gasteiger charge is -2.39. The van der Waals surface area contributed by atoms with Gasteiger partial charge in [0.05, 0.1) is 29.9 Å². The summed E-state index contributed by atoms with van der Waals surface area (Å²) in [6.45, 7) is 1.19. The van der Waals surface area contributed by atoms with E-state index in [9.17, 15) is 4.79 Å². The SMILES string of the molecule is O=C(NC1CCCCC12OCCO2)c1[nH]ncc1Br. The zero-order valence-corrected chi connectivity index (χ0v) is 12.0. The Hall–Kier alpha value is -0.920. The fourth-order valence-corrected chi connectivity index (χ4v) is 3.14. The number of carbonyl (C=O) groups is 1. The largest absolute Gasteiger partial charge is 0.346 e. The van der Waals surface area contributed by atoms with Gasteiger partial charge in [-0.05, 0) is 28.8 Å². The summed E-state index contributed by atoms with van der Waals surface area (Å²) in [6.07, 6.45) is 5.41. The quantitative estimate of drug-likeness (QED) is 0.863. The van der Waals surface area contributed by atoms with Crippen LogP contribution in [0.15, 0.2) is 10.7 Å². The van der Waals surface area contributed by atoms with E-state index in [1.165, 1.54) is 0 Å². The summed E-state index contributed by atoms with van der Waals surface area (Å²) >= 11 is 3.29. The van der Waals surface area contributed by atoms with Crippen LogP contribution in [0, 0.1) is 0 Å². The van der Waals surface area contributed by atoms with Crippen LogP contribution >= 0.6 is 15.9 Å². The second kappa shape index (κ2) is 5.22. The molecule has 1 spiro atoms. The zero-order valence-electron chi connectivity index (χ0n) is 10.4. The van der Waals surface area contributed by atoms with Crippen molar-refractivity contribution in [3.8, 4) is 0 Å². The molecule has 1 saturated heterocycles. The molecule has 2 fully saturated rings. The van der Waals surface area contributed by atoms with Crippen molar-refractivity contribution >= 4 is 21.8 Å². The van der Waals surface area contributed by atoms with Crippen molar-refractivity contribution in [1.29, 1.82) is 0 Å². The maximum absolute atomic E-state index is 12.2. The second-order valence-electron chi connectivity index (χ2n) is 4.87. The molecule has 0 radical (unpaired) electrons. The van der Waals surface area contributed by atoms with Crippen molar-refractivity contribution in [1.82, 2.24) is 15.5 Å². The van der Waals surface area contributed by atoms with Gasteiger partial charge in [0.1, 0.15) is 5.69 Å². The Labute approximate surface area is 119 Å². The third-order valence-electron chi connectivity index (χ3n) is 3.70. The van der Waals surface area contributed by atoms with Crippen molar-refractivity contribution in [2.75, 3.05) is 13.2 Å². The molecule has 2 aliphatic rings. The molecular formula is C12H16BrN3O3. The van der Waals surface area contributed by atoms with Crippen LogP contribution in [0.3, 0.4) is 0 Å².